The van der Waals surface area contributed by atoms with Gasteiger partial charge in [-0.1, -0.05) is 17.7 Å². The number of nitrogens with zero attached hydrogens (tertiary/aromatic N) is 4. The van der Waals surface area contributed by atoms with Gasteiger partial charge in [0.1, 0.15) is 16.8 Å². The molecule has 2 aliphatic heterocycles. The standard InChI is InChI=1S/C24H21ClFN5O4S2/c1-2-35-24(32)20-19-11-15(30-37(33,34)16-4-3-7-27-12-16)13-31(19)22(23-28-8-9-36-23)29-21(20)17-6-5-14(26)10-18(17)25/h3-10,12,15,21,30H,2,11,13H2,1H3/t15-,21-/m0/s1. The maximum atomic E-state index is 13.8. The van der Waals surface area contributed by atoms with Crippen LogP contribution in [0, 0.1) is 5.82 Å². The minimum absolute atomic E-state index is 0.0317. The summed E-state index contributed by atoms with van der Waals surface area (Å²) in [4.78, 5) is 28.2. The number of aliphatic imine (C=N–C) groups is 1. The van der Waals surface area contributed by atoms with Crippen LogP contribution in [0.15, 0.2) is 75.5 Å². The van der Waals surface area contributed by atoms with Gasteiger partial charge >= 0.3 is 5.97 Å². The van der Waals surface area contributed by atoms with E-state index in [0.29, 0.717) is 22.1 Å². The first-order valence-corrected chi connectivity index (χ1v) is 14.0. The Morgan fingerprint density at radius 2 is 2.16 bits per heavy atom. The molecule has 13 heteroatoms. The number of rotatable bonds is 7. The molecule has 1 N–H and O–H groups in total. The van der Waals surface area contributed by atoms with Gasteiger partial charge in [-0.25, -0.2) is 27.3 Å². The summed E-state index contributed by atoms with van der Waals surface area (Å²) in [5.74, 6) is -0.663. The van der Waals surface area contributed by atoms with Crippen molar-refractivity contribution in [1.82, 2.24) is 19.6 Å². The Kier molecular flexibility index (Phi) is 7.08. The smallest absolute Gasteiger partial charge is 0.338 e. The van der Waals surface area contributed by atoms with Crippen molar-refractivity contribution in [1.29, 1.82) is 0 Å². The van der Waals surface area contributed by atoms with Crippen molar-refractivity contribution in [2.45, 2.75) is 30.3 Å². The van der Waals surface area contributed by atoms with E-state index < -0.39 is 33.9 Å². The highest BCUT2D eigenvalue weighted by atomic mass is 35.5. The zero-order valence-corrected chi connectivity index (χ0v) is 21.9. The first-order valence-electron chi connectivity index (χ1n) is 11.3. The normalized spacial score (nSPS) is 19.5. The van der Waals surface area contributed by atoms with Crippen molar-refractivity contribution in [3.63, 3.8) is 0 Å². The fourth-order valence-corrected chi connectivity index (χ4v) is 6.49. The zero-order chi connectivity index (χ0) is 26.2. The fraction of sp³-hybridized carbons (Fsp3) is 0.250. The summed E-state index contributed by atoms with van der Waals surface area (Å²) in [6, 6.07) is 5.41. The molecular weight excluding hydrogens is 541 g/mol. The predicted molar refractivity (Wildman–Crippen MR) is 136 cm³/mol. The minimum Gasteiger partial charge on any atom is -0.463 e. The van der Waals surface area contributed by atoms with Crippen LogP contribution < -0.4 is 4.72 Å². The number of pyridine rings is 1. The number of hydrogen-bond donors (Lipinski definition) is 1. The molecule has 0 aliphatic carbocycles. The van der Waals surface area contributed by atoms with E-state index in [1.54, 1.807) is 23.4 Å². The molecule has 4 heterocycles. The highest BCUT2D eigenvalue weighted by Gasteiger charge is 2.43. The first kappa shape index (κ1) is 25.5. The Labute approximate surface area is 221 Å². The average Bonchev–Trinajstić information content (AvgIpc) is 3.54. The fourth-order valence-electron chi connectivity index (χ4n) is 4.39. The summed E-state index contributed by atoms with van der Waals surface area (Å²) in [7, 11) is -3.88. The molecule has 37 heavy (non-hydrogen) atoms. The Morgan fingerprint density at radius 1 is 1.32 bits per heavy atom. The molecule has 0 amide bonds. The molecule has 0 spiro atoms. The number of carbonyl (C=O) groups excluding carboxylic acids is 1. The van der Waals surface area contributed by atoms with Crippen molar-refractivity contribution in [2.75, 3.05) is 13.2 Å². The topological polar surface area (TPSA) is 114 Å². The predicted octanol–water partition coefficient (Wildman–Crippen LogP) is 3.70. The van der Waals surface area contributed by atoms with Gasteiger partial charge in [-0.05, 0) is 31.2 Å². The van der Waals surface area contributed by atoms with Crippen molar-refractivity contribution in [3.8, 4) is 0 Å². The molecule has 2 atom stereocenters. The van der Waals surface area contributed by atoms with Gasteiger partial charge in [0.25, 0.3) is 0 Å². The Morgan fingerprint density at radius 3 is 2.84 bits per heavy atom. The largest absolute Gasteiger partial charge is 0.463 e. The van der Waals surface area contributed by atoms with Crippen molar-refractivity contribution in [3.05, 3.63) is 87.0 Å². The van der Waals surface area contributed by atoms with Crippen LogP contribution in [0.1, 0.15) is 30.0 Å². The van der Waals surface area contributed by atoms with Gasteiger partial charge in [-0.2, -0.15) is 0 Å². The van der Waals surface area contributed by atoms with Gasteiger partial charge in [-0.3, -0.25) is 9.98 Å². The van der Waals surface area contributed by atoms with E-state index in [9.17, 15) is 17.6 Å². The Bertz CT molecular complexity index is 1500. The Balaban J connectivity index is 1.61. The molecule has 0 saturated carbocycles. The SMILES string of the molecule is CCOC(=O)C1=C2C[C@H](NS(=O)(=O)c3cccnc3)CN2C(c2nccs2)=N[C@H]1c1ccc(F)cc1Cl. The molecule has 0 bridgehead atoms. The molecule has 9 nitrogen and oxygen atoms in total. The van der Waals surface area contributed by atoms with Crippen LogP contribution >= 0.6 is 22.9 Å². The molecule has 0 radical (unpaired) electrons. The molecule has 5 rings (SSSR count). The number of ether oxygens (including phenoxy) is 1. The number of esters is 1. The lowest BCUT2D eigenvalue weighted by molar-refractivity contribution is -0.139. The van der Waals surface area contributed by atoms with Crippen molar-refractivity contribution < 1.29 is 22.3 Å². The molecule has 192 valence electrons. The second kappa shape index (κ2) is 10.3. The van der Waals surface area contributed by atoms with E-state index in [1.807, 2.05) is 0 Å². The lowest BCUT2D eigenvalue weighted by atomic mass is 9.94. The first-order chi connectivity index (χ1) is 17.8. The molecule has 3 aromatic rings. The summed E-state index contributed by atoms with van der Waals surface area (Å²) in [6.07, 6.45) is 4.57. The number of amidine groups is 1. The van der Waals surface area contributed by atoms with E-state index in [1.165, 1.54) is 48.0 Å². The van der Waals surface area contributed by atoms with Crippen molar-refractivity contribution >= 4 is 44.8 Å². The molecular formula is C24H21ClFN5O4S2. The zero-order valence-electron chi connectivity index (χ0n) is 19.5. The number of hydrogen-bond acceptors (Lipinski definition) is 9. The number of halogens is 2. The number of fused-ring (bicyclic) bond motifs is 1. The second-order valence-corrected chi connectivity index (χ2v) is 11.3. The van der Waals surface area contributed by atoms with Gasteiger partial charge in [0, 0.05) is 59.3 Å². The highest BCUT2D eigenvalue weighted by molar-refractivity contribution is 7.89. The van der Waals surface area contributed by atoms with E-state index in [-0.39, 0.29) is 35.1 Å². The van der Waals surface area contributed by atoms with Gasteiger partial charge in [0.15, 0.2) is 10.8 Å². The van der Waals surface area contributed by atoms with Gasteiger partial charge in [0.05, 0.1) is 12.2 Å². The summed E-state index contributed by atoms with van der Waals surface area (Å²) >= 11 is 7.75. The van der Waals surface area contributed by atoms with E-state index in [0.717, 1.165) is 6.07 Å². The summed E-state index contributed by atoms with van der Waals surface area (Å²) in [6.45, 7) is 2.02. The average molecular weight is 562 g/mol. The molecule has 0 unspecified atom stereocenters. The molecule has 2 aromatic heterocycles. The molecule has 1 saturated heterocycles. The number of aromatic nitrogens is 2. The van der Waals surface area contributed by atoms with Gasteiger partial charge < -0.3 is 9.64 Å². The third-order valence-corrected chi connectivity index (χ3v) is 8.50. The summed E-state index contributed by atoms with van der Waals surface area (Å²) < 4.78 is 48.0. The maximum Gasteiger partial charge on any atom is 0.338 e. The van der Waals surface area contributed by atoms with Crippen LogP contribution in [-0.2, 0) is 19.6 Å². The van der Waals surface area contributed by atoms with Crippen LogP contribution in [0.25, 0.3) is 0 Å². The number of carbonyl (C=O) groups is 1. The van der Waals surface area contributed by atoms with Crippen LogP contribution in [-0.4, -0.2) is 54.3 Å². The van der Waals surface area contributed by atoms with E-state index >= 15 is 0 Å². The number of benzene rings is 1. The monoisotopic (exact) mass is 561 g/mol. The van der Waals surface area contributed by atoms with Crippen LogP contribution in [0.3, 0.4) is 0 Å². The quantitative estimate of drug-likeness (QED) is 0.437. The van der Waals surface area contributed by atoms with E-state index in [2.05, 4.69) is 14.7 Å². The minimum atomic E-state index is -3.88. The van der Waals surface area contributed by atoms with Crippen LogP contribution in [0.4, 0.5) is 4.39 Å². The van der Waals surface area contributed by atoms with Crippen molar-refractivity contribution in [2.24, 2.45) is 4.99 Å². The Hall–Kier alpha value is -3.19. The maximum absolute atomic E-state index is 13.8. The molecule has 2 aliphatic rings. The van der Waals surface area contributed by atoms with E-state index in [4.69, 9.17) is 21.3 Å². The lowest BCUT2D eigenvalue weighted by Crippen LogP contribution is -2.39. The van der Waals surface area contributed by atoms with Crippen LogP contribution in [0.5, 0.6) is 0 Å². The highest BCUT2D eigenvalue weighted by Crippen LogP contribution is 2.42. The van der Waals surface area contributed by atoms with Gasteiger partial charge in [0.2, 0.25) is 10.0 Å². The second-order valence-electron chi connectivity index (χ2n) is 8.26. The third kappa shape index (κ3) is 5.01. The number of thiazole rings is 1. The summed E-state index contributed by atoms with van der Waals surface area (Å²) in [5, 5.41) is 2.48. The van der Waals surface area contributed by atoms with Crippen LogP contribution in [0.2, 0.25) is 5.02 Å². The summed E-state index contributed by atoms with van der Waals surface area (Å²) in [5.41, 5.74) is 1.19. The third-order valence-electron chi connectivity index (χ3n) is 5.90. The number of sulfonamides is 1. The van der Waals surface area contributed by atoms with Gasteiger partial charge in [-0.15, -0.1) is 11.3 Å². The number of nitrogens with one attached hydrogen (secondary N) is 1. The lowest BCUT2D eigenvalue weighted by Gasteiger charge is -2.31. The molecule has 1 aromatic carbocycles. The molecule has 1 fully saturated rings.